The summed E-state index contributed by atoms with van der Waals surface area (Å²) < 4.78 is 5.68. The van der Waals surface area contributed by atoms with E-state index in [1.165, 1.54) is 0 Å². The smallest absolute Gasteiger partial charge is 0.0826 e. The minimum absolute atomic E-state index is 0.0490. The van der Waals surface area contributed by atoms with Gasteiger partial charge in [-0.15, -0.1) is 0 Å². The van der Waals surface area contributed by atoms with Crippen molar-refractivity contribution in [2.24, 2.45) is 0 Å². The number of nitrogens with zero attached hydrogens (tertiary/aromatic N) is 1. The molecule has 1 N–H and O–H groups in total. The van der Waals surface area contributed by atoms with Crippen molar-refractivity contribution in [1.29, 1.82) is 0 Å². The van der Waals surface area contributed by atoms with E-state index in [4.69, 9.17) is 16.3 Å². The zero-order valence-corrected chi connectivity index (χ0v) is 9.55. The first-order valence-corrected chi connectivity index (χ1v) is 5.55. The highest BCUT2D eigenvalue weighted by atomic mass is 35.5. The van der Waals surface area contributed by atoms with Gasteiger partial charge in [0.15, 0.2) is 0 Å². The molecular weight excluding hydrogens is 212 g/mol. The van der Waals surface area contributed by atoms with Crippen molar-refractivity contribution in [3.63, 3.8) is 0 Å². The fraction of sp³-hybridized carbons (Fsp3) is 0.545. The van der Waals surface area contributed by atoms with Crippen LogP contribution in [0.3, 0.4) is 0 Å². The second kappa shape index (κ2) is 4.37. The number of halogens is 1. The Morgan fingerprint density at radius 1 is 1.67 bits per heavy atom. The van der Waals surface area contributed by atoms with E-state index >= 15 is 0 Å². The predicted molar refractivity (Wildman–Crippen MR) is 61.3 cm³/mol. The van der Waals surface area contributed by atoms with Crippen molar-refractivity contribution in [2.45, 2.75) is 25.4 Å². The number of pyridine rings is 1. The first-order valence-electron chi connectivity index (χ1n) is 5.17. The molecule has 0 spiro atoms. The third-order valence-electron chi connectivity index (χ3n) is 2.73. The van der Waals surface area contributed by atoms with E-state index in [0.29, 0.717) is 5.02 Å². The molecule has 1 aliphatic heterocycles. The number of hydrogen-bond donors (Lipinski definition) is 1. The van der Waals surface area contributed by atoms with Crippen LogP contribution in [0.25, 0.3) is 0 Å². The maximum Gasteiger partial charge on any atom is 0.0826 e. The number of aromatic nitrogens is 1. The van der Waals surface area contributed by atoms with Crippen LogP contribution in [0.4, 0.5) is 5.69 Å². The summed E-state index contributed by atoms with van der Waals surface area (Å²) in [4.78, 5) is 3.94. The van der Waals surface area contributed by atoms with Crippen LogP contribution in [0.5, 0.6) is 0 Å². The molecule has 1 fully saturated rings. The number of hydrogen-bond acceptors (Lipinski definition) is 3. The summed E-state index contributed by atoms with van der Waals surface area (Å²) in [6, 6.07) is 1.88. The van der Waals surface area contributed by atoms with Gasteiger partial charge in [-0.2, -0.15) is 0 Å². The second-order valence-corrected chi connectivity index (χ2v) is 4.52. The van der Waals surface area contributed by atoms with Crippen LogP contribution in [0.1, 0.15) is 19.8 Å². The SMILES string of the molecule is CC1(CNc2ccncc2Cl)CCCO1. The molecule has 0 radical (unpaired) electrons. The molecular formula is C11H15ClN2O. The summed E-state index contributed by atoms with van der Waals surface area (Å²) in [5.41, 5.74) is 0.871. The Morgan fingerprint density at radius 3 is 3.20 bits per heavy atom. The van der Waals surface area contributed by atoms with E-state index in [-0.39, 0.29) is 5.60 Å². The van der Waals surface area contributed by atoms with Gasteiger partial charge in [0.05, 0.1) is 16.3 Å². The normalized spacial score (nSPS) is 25.5. The summed E-state index contributed by atoms with van der Waals surface area (Å²) >= 11 is 5.99. The molecule has 0 aromatic carbocycles. The van der Waals surface area contributed by atoms with E-state index in [2.05, 4.69) is 17.2 Å². The predicted octanol–water partition coefficient (Wildman–Crippen LogP) is 2.72. The van der Waals surface area contributed by atoms with Crippen LogP contribution in [0.15, 0.2) is 18.5 Å². The van der Waals surface area contributed by atoms with Gasteiger partial charge in [-0.3, -0.25) is 4.98 Å². The fourth-order valence-electron chi connectivity index (χ4n) is 1.78. The Labute approximate surface area is 94.8 Å². The van der Waals surface area contributed by atoms with Crippen LogP contribution < -0.4 is 5.32 Å². The zero-order chi connectivity index (χ0) is 10.7. The summed E-state index contributed by atoms with van der Waals surface area (Å²) in [5, 5.41) is 3.95. The molecule has 15 heavy (non-hydrogen) atoms. The van der Waals surface area contributed by atoms with E-state index in [9.17, 15) is 0 Å². The third kappa shape index (κ3) is 2.61. The first kappa shape index (κ1) is 10.7. The molecule has 1 saturated heterocycles. The number of anilines is 1. The van der Waals surface area contributed by atoms with E-state index in [1.54, 1.807) is 12.4 Å². The van der Waals surface area contributed by atoms with Crippen molar-refractivity contribution in [2.75, 3.05) is 18.5 Å². The van der Waals surface area contributed by atoms with Gasteiger partial charge in [0.25, 0.3) is 0 Å². The highest BCUT2D eigenvalue weighted by Crippen LogP contribution is 2.27. The standard InChI is InChI=1S/C11H15ClN2O/c1-11(4-2-6-15-11)8-14-10-3-5-13-7-9(10)12/h3,5,7H,2,4,6,8H2,1H3,(H,13,14). The minimum Gasteiger partial charge on any atom is -0.381 e. The maximum absolute atomic E-state index is 5.99. The third-order valence-corrected chi connectivity index (χ3v) is 3.03. The quantitative estimate of drug-likeness (QED) is 0.861. The molecule has 0 saturated carbocycles. The van der Waals surface area contributed by atoms with Gasteiger partial charge in [-0.25, -0.2) is 0 Å². The second-order valence-electron chi connectivity index (χ2n) is 4.11. The van der Waals surface area contributed by atoms with Crippen LogP contribution in [-0.4, -0.2) is 23.7 Å². The fourth-order valence-corrected chi connectivity index (χ4v) is 1.96. The average Bonchev–Trinajstić information content (AvgIpc) is 2.65. The largest absolute Gasteiger partial charge is 0.381 e. The molecule has 1 unspecified atom stereocenters. The molecule has 1 aromatic heterocycles. The molecule has 2 rings (SSSR count). The molecule has 0 amide bonds. The molecule has 3 nitrogen and oxygen atoms in total. The van der Waals surface area contributed by atoms with Gasteiger partial charge >= 0.3 is 0 Å². The van der Waals surface area contributed by atoms with E-state index in [0.717, 1.165) is 31.7 Å². The highest BCUT2D eigenvalue weighted by molar-refractivity contribution is 6.33. The molecule has 1 atom stereocenters. The van der Waals surface area contributed by atoms with Gasteiger partial charge in [0.2, 0.25) is 0 Å². The Bertz CT molecular complexity index is 337. The van der Waals surface area contributed by atoms with Crippen molar-refractivity contribution < 1.29 is 4.74 Å². The van der Waals surface area contributed by atoms with Crippen LogP contribution in [-0.2, 0) is 4.74 Å². The zero-order valence-electron chi connectivity index (χ0n) is 8.79. The lowest BCUT2D eigenvalue weighted by Crippen LogP contribution is -2.32. The summed E-state index contributed by atoms with van der Waals surface area (Å²) in [6.07, 6.45) is 5.61. The lowest BCUT2D eigenvalue weighted by atomic mass is 10.0. The molecule has 0 aliphatic carbocycles. The van der Waals surface area contributed by atoms with Gasteiger partial charge in [-0.1, -0.05) is 11.6 Å². The molecule has 1 aromatic rings. The van der Waals surface area contributed by atoms with Gasteiger partial charge in [0.1, 0.15) is 0 Å². The van der Waals surface area contributed by atoms with Crippen LogP contribution in [0, 0.1) is 0 Å². The number of nitrogens with one attached hydrogen (secondary N) is 1. The molecule has 2 heterocycles. The molecule has 4 heteroatoms. The summed E-state index contributed by atoms with van der Waals surface area (Å²) in [5.74, 6) is 0. The molecule has 0 bridgehead atoms. The van der Waals surface area contributed by atoms with Crippen molar-refractivity contribution in [3.8, 4) is 0 Å². The topological polar surface area (TPSA) is 34.2 Å². The maximum atomic E-state index is 5.99. The highest BCUT2D eigenvalue weighted by Gasteiger charge is 2.29. The van der Waals surface area contributed by atoms with Crippen LogP contribution in [0.2, 0.25) is 5.02 Å². The average molecular weight is 227 g/mol. The Kier molecular flexibility index (Phi) is 3.12. The first-order chi connectivity index (χ1) is 7.20. The minimum atomic E-state index is -0.0490. The van der Waals surface area contributed by atoms with Crippen LogP contribution >= 0.6 is 11.6 Å². The number of rotatable bonds is 3. The van der Waals surface area contributed by atoms with E-state index in [1.807, 2.05) is 6.07 Å². The molecule has 1 aliphatic rings. The molecule has 82 valence electrons. The summed E-state index contributed by atoms with van der Waals surface area (Å²) in [6.45, 7) is 3.78. The Hall–Kier alpha value is -0.800. The van der Waals surface area contributed by atoms with Crippen molar-refractivity contribution in [1.82, 2.24) is 4.98 Å². The van der Waals surface area contributed by atoms with Gasteiger partial charge in [-0.05, 0) is 25.8 Å². The van der Waals surface area contributed by atoms with Crippen molar-refractivity contribution >= 4 is 17.3 Å². The Balaban J connectivity index is 1.95. The number of ether oxygens (including phenoxy) is 1. The lowest BCUT2D eigenvalue weighted by Gasteiger charge is -2.24. The summed E-state index contributed by atoms with van der Waals surface area (Å²) in [7, 11) is 0. The lowest BCUT2D eigenvalue weighted by molar-refractivity contribution is 0.0315. The van der Waals surface area contributed by atoms with E-state index < -0.39 is 0 Å². The Morgan fingerprint density at radius 2 is 2.53 bits per heavy atom. The van der Waals surface area contributed by atoms with Gasteiger partial charge < -0.3 is 10.1 Å². The monoisotopic (exact) mass is 226 g/mol. The van der Waals surface area contributed by atoms with Gasteiger partial charge in [0, 0.05) is 25.5 Å². The van der Waals surface area contributed by atoms with Crippen molar-refractivity contribution in [3.05, 3.63) is 23.5 Å².